The molecular formula is C21H13N7O2. The maximum atomic E-state index is 13.1. The Morgan fingerprint density at radius 2 is 1.93 bits per heavy atom. The van der Waals surface area contributed by atoms with Crippen molar-refractivity contribution in [3.05, 3.63) is 81.5 Å². The van der Waals surface area contributed by atoms with E-state index in [9.17, 15) is 14.9 Å². The maximum Gasteiger partial charge on any atom is 0.261 e. The van der Waals surface area contributed by atoms with Crippen LogP contribution in [0.3, 0.4) is 0 Å². The molecule has 0 fully saturated rings. The number of nitrogens with zero attached hydrogens (tertiary/aromatic N) is 5. The number of nitrogens with one attached hydrogen (secondary N) is 2. The highest BCUT2D eigenvalue weighted by molar-refractivity contribution is 6.06. The van der Waals surface area contributed by atoms with Crippen LogP contribution in [-0.4, -0.2) is 25.5 Å². The molecule has 4 rings (SSSR count). The molecule has 0 spiro atoms. The highest BCUT2D eigenvalue weighted by atomic mass is 16.2. The average molecular weight is 395 g/mol. The Labute approximate surface area is 169 Å². The van der Waals surface area contributed by atoms with Crippen molar-refractivity contribution in [2.75, 3.05) is 5.32 Å². The van der Waals surface area contributed by atoms with Crippen LogP contribution in [0.2, 0.25) is 0 Å². The van der Waals surface area contributed by atoms with Gasteiger partial charge in [-0.1, -0.05) is 30.3 Å². The van der Waals surface area contributed by atoms with Crippen LogP contribution in [0.5, 0.6) is 0 Å². The van der Waals surface area contributed by atoms with Gasteiger partial charge in [-0.05, 0) is 13.0 Å². The van der Waals surface area contributed by atoms with E-state index in [1.807, 2.05) is 30.3 Å². The highest BCUT2D eigenvalue weighted by Crippen LogP contribution is 2.23. The minimum absolute atomic E-state index is 0.0624. The summed E-state index contributed by atoms with van der Waals surface area (Å²) in [6.07, 6.45) is 2.74. The van der Waals surface area contributed by atoms with E-state index < -0.39 is 11.3 Å². The number of hydrogen-bond donors (Lipinski definition) is 2. The van der Waals surface area contributed by atoms with Crippen LogP contribution in [0.1, 0.15) is 27.3 Å². The van der Waals surface area contributed by atoms with E-state index in [0.29, 0.717) is 11.3 Å². The highest BCUT2D eigenvalue weighted by Gasteiger charge is 2.23. The third-order valence-corrected chi connectivity index (χ3v) is 4.53. The quantitative estimate of drug-likeness (QED) is 0.546. The third-order valence-electron chi connectivity index (χ3n) is 4.53. The van der Waals surface area contributed by atoms with E-state index in [4.69, 9.17) is 5.26 Å². The number of anilines is 1. The van der Waals surface area contributed by atoms with Gasteiger partial charge in [0.15, 0.2) is 5.69 Å². The predicted molar refractivity (Wildman–Crippen MR) is 108 cm³/mol. The minimum Gasteiger partial charge on any atom is -0.320 e. The van der Waals surface area contributed by atoms with E-state index in [1.54, 1.807) is 19.1 Å². The second kappa shape index (κ2) is 7.34. The first-order valence-corrected chi connectivity index (χ1v) is 8.81. The number of amides is 1. The SMILES string of the molecule is Cc1[nH]n2c(-c3ccccc3)c(C#N)nc2c(=O)c1C(=O)Nc1ccncc1C#N. The molecule has 30 heavy (non-hydrogen) atoms. The van der Waals surface area contributed by atoms with Crippen LogP contribution in [0, 0.1) is 29.6 Å². The van der Waals surface area contributed by atoms with E-state index in [1.165, 1.54) is 23.0 Å². The van der Waals surface area contributed by atoms with Crippen molar-refractivity contribution in [1.82, 2.24) is 19.6 Å². The Bertz CT molecular complexity index is 1440. The number of imidazole rings is 1. The minimum atomic E-state index is -0.693. The van der Waals surface area contributed by atoms with Crippen molar-refractivity contribution >= 4 is 17.2 Å². The van der Waals surface area contributed by atoms with Crippen LogP contribution >= 0.6 is 0 Å². The van der Waals surface area contributed by atoms with Gasteiger partial charge in [0.1, 0.15) is 23.4 Å². The lowest BCUT2D eigenvalue weighted by molar-refractivity contribution is 0.102. The molecule has 9 heteroatoms. The molecule has 9 nitrogen and oxygen atoms in total. The molecule has 0 bridgehead atoms. The summed E-state index contributed by atoms with van der Waals surface area (Å²) in [5, 5.41) is 24.2. The van der Waals surface area contributed by atoms with Gasteiger partial charge < -0.3 is 5.32 Å². The van der Waals surface area contributed by atoms with E-state index >= 15 is 0 Å². The summed E-state index contributed by atoms with van der Waals surface area (Å²) in [6, 6.07) is 14.4. The third kappa shape index (κ3) is 2.97. The van der Waals surface area contributed by atoms with Gasteiger partial charge in [0.2, 0.25) is 11.1 Å². The zero-order valence-electron chi connectivity index (χ0n) is 15.7. The van der Waals surface area contributed by atoms with Gasteiger partial charge in [-0.3, -0.25) is 19.7 Å². The Morgan fingerprint density at radius 1 is 1.17 bits per heavy atom. The van der Waals surface area contributed by atoms with Crippen LogP contribution in [0.25, 0.3) is 16.9 Å². The predicted octanol–water partition coefficient (Wildman–Crippen LogP) is 2.39. The number of hydrogen-bond acceptors (Lipinski definition) is 6. The summed E-state index contributed by atoms with van der Waals surface area (Å²) in [7, 11) is 0. The Morgan fingerprint density at radius 3 is 2.63 bits per heavy atom. The van der Waals surface area contributed by atoms with E-state index in [0.717, 1.165) is 0 Å². The second-order valence-corrected chi connectivity index (χ2v) is 6.37. The Kier molecular flexibility index (Phi) is 4.55. The number of aromatic amines is 1. The van der Waals surface area contributed by atoms with Crippen LogP contribution < -0.4 is 10.7 Å². The van der Waals surface area contributed by atoms with Crippen LogP contribution in [0.15, 0.2) is 53.6 Å². The monoisotopic (exact) mass is 395 g/mol. The lowest BCUT2D eigenvalue weighted by atomic mass is 10.1. The van der Waals surface area contributed by atoms with Crippen molar-refractivity contribution in [2.45, 2.75) is 6.92 Å². The van der Waals surface area contributed by atoms with E-state index in [-0.39, 0.29) is 33.8 Å². The largest absolute Gasteiger partial charge is 0.320 e. The van der Waals surface area contributed by atoms with Crippen molar-refractivity contribution in [2.24, 2.45) is 0 Å². The molecule has 3 heterocycles. The van der Waals surface area contributed by atoms with Gasteiger partial charge in [0, 0.05) is 23.7 Å². The summed E-state index contributed by atoms with van der Waals surface area (Å²) in [4.78, 5) is 33.9. The zero-order valence-corrected chi connectivity index (χ0v) is 15.7. The number of aryl methyl sites for hydroxylation is 1. The second-order valence-electron chi connectivity index (χ2n) is 6.37. The molecule has 0 saturated heterocycles. The average Bonchev–Trinajstić information content (AvgIpc) is 3.13. The summed E-state index contributed by atoms with van der Waals surface area (Å²) >= 11 is 0. The molecule has 144 valence electrons. The van der Waals surface area contributed by atoms with E-state index in [2.05, 4.69) is 20.4 Å². The van der Waals surface area contributed by atoms with Gasteiger partial charge in [0.25, 0.3) is 5.91 Å². The number of aromatic nitrogens is 4. The van der Waals surface area contributed by atoms with Gasteiger partial charge in [0.05, 0.1) is 11.3 Å². The molecule has 0 unspecified atom stereocenters. The summed E-state index contributed by atoms with van der Waals surface area (Å²) in [5.41, 5.74) is 1.03. The molecule has 0 aliphatic heterocycles. The first-order chi connectivity index (χ1) is 14.5. The number of pyridine rings is 1. The van der Waals surface area contributed by atoms with Crippen LogP contribution in [0.4, 0.5) is 5.69 Å². The lowest BCUT2D eigenvalue weighted by Gasteiger charge is -2.10. The number of fused-ring (bicyclic) bond motifs is 1. The smallest absolute Gasteiger partial charge is 0.261 e. The number of H-pyrrole nitrogens is 1. The molecule has 2 N–H and O–H groups in total. The summed E-state index contributed by atoms with van der Waals surface area (Å²) in [6.45, 7) is 1.58. The topological polar surface area (TPSA) is 140 Å². The number of carbonyl (C=O) groups excluding carboxylic acids is 1. The maximum absolute atomic E-state index is 13.1. The molecule has 0 aliphatic rings. The first kappa shape index (κ1) is 18.6. The lowest BCUT2D eigenvalue weighted by Crippen LogP contribution is -2.26. The van der Waals surface area contributed by atoms with Gasteiger partial charge >= 0.3 is 0 Å². The molecule has 0 radical (unpaired) electrons. The van der Waals surface area contributed by atoms with Gasteiger partial charge in [-0.15, -0.1) is 0 Å². The Balaban J connectivity index is 1.88. The number of nitriles is 2. The molecule has 3 aromatic heterocycles. The van der Waals surface area contributed by atoms with Crippen molar-refractivity contribution < 1.29 is 4.79 Å². The molecule has 0 atom stereocenters. The standard InChI is InChI=1S/C21H13N7O2/c1-12-17(21(30)26-15-7-8-24-11-14(15)9-22)19(29)20-25-16(10-23)18(28(20)27-12)13-5-3-2-4-6-13/h2-8,11,27H,1H3,(H,24,26,30). The fourth-order valence-corrected chi connectivity index (χ4v) is 3.18. The van der Waals surface area contributed by atoms with Crippen LogP contribution in [-0.2, 0) is 0 Å². The fourth-order valence-electron chi connectivity index (χ4n) is 3.18. The fraction of sp³-hybridized carbons (Fsp3) is 0.0476. The summed E-state index contributed by atoms with van der Waals surface area (Å²) < 4.78 is 1.41. The van der Waals surface area contributed by atoms with Gasteiger partial charge in [-0.25, -0.2) is 9.50 Å². The van der Waals surface area contributed by atoms with Crippen molar-refractivity contribution in [1.29, 1.82) is 10.5 Å². The van der Waals surface area contributed by atoms with Crippen molar-refractivity contribution in [3.63, 3.8) is 0 Å². The molecule has 0 saturated carbocycles. The molecule has 1 amide bonds. The molecule has 0 aliphatic carbocycles. The first-order valence-electron chi connectivity index (χ1n) is 8.81. The normalized spacial score (nSPS) is 10.4. The Hall–Kier alpha value is -4.76. The molecular weight excluding hydrogens is 382 g/mol. The number of benzene rings is 1. The number of carbonyl (C=O) groups is 1. The zero-order chi connectivity index (χ0) is 21.3. The van der Waals surface area contributed by atoms with Crippen molar-refractivity contribution in [3.8, 4) is 23.4 Å². The van der Waals surface area contributed by atoms with Gasteiger partial charge in [-0.2, -0.15) is 10.5 Å². The summed E-state index contributed by atoms with van der Waals surface area (Å²) in [5.74, 6) is -0.693. The number of rotatable bonds is 3. The molecule has 1 aromatic carbocycles. The molecule has 4 aromatic rings.